The predicted octanol–water partition coefficient (Wildman–Crippen LogP) is 2.68. The summed E-state index contributed by atoms with van der Waals surface area (Å²) in [5.41, 5.74) is 1.58. The number of benzene rings is 1. The van der Waals surface area contributed by atoms with Gasteiger partial charge in [0.25, 0.3) is 5.91 Å². The summed E-state index contributed by atoms with van der Waals surface area (Å²) in [5.74, 6) is -0.521. The second-order valence-electron chi connectivity index (χ2n) is 6.97. The van der Waals surface area contributed by atoms with Gasteiger partial charge in [0.2, 0.25) is 5.91 Å². The summed E-state index contributed by atoms with van der Waals surface area (Å²) in [7, 11) is -0.114. The number of pyridine rings is 1. The van der Waals surface area contributed by atoms with Crippen molar-refractivity contribution in [1.29, 1.82) is 0 Å². The lowest BCUT2D eigenvalue weighted by molar-refractivity contribution is -0.121. The first-order valence-corrected chi connectivity index (χ1v) is 10.3. The maximum Gasteiger partial charge on any atom is 0.472 e. The number of nitrogens with zero attached hydrogens (tertiary/aromatic N) is 1. The highest BCUT2D eigenvalue weighted by molar-refractivity contribution is 6.41. The van der Waals surface area contributed by atoms with Crippen molar-refractivity contribution in [1.82, 2.24) is 15.6 Å². The van der Waals surface area contributed by atoms with Crippen LogP contribution in [0.4, 0.5) is 4.39 Å². The molecule has 4 N–H and O–H groups in total. The SMILES string of the molecule is C=C/C(C)=C(/F)C=C.COc1cccc(C(CC(=O)NCB(O)O)NC(=O)c2cccnc2)c1. The van der Waals surface area contributed by atoms with Gasteiger partial charge < -0.3 is 25.4 Å². The summed E-state index contributed by atoms with van der Waals surface area (Å²) in [4.78, 5) is 28.4. The molecule has 2 rings (SSSR count). The molecular formula is C24H29BFN3O5. The predicted molar refractivity (Wildman–Crippen MR) is 129 cm³/mol. The number of allylic oxidation sites excluding steroid dienone is 4. The molecule has 1 heterocycles. The first-order valence-electron chi connectivity index (χ1n) is 10.3. The van der Waals surface area contributed by atoms with Crippen molar-refractivity contribution >= 4 is 18.9 Å². The highest BCUT2D eigenvalue weighted by atomic mass is 19.1. The zero-order valence-electron chi connectivity index (χ0n) is 19.2. The minimum absolute atomic E-state index is 0.0775. The third-order valence-corrected chi connectivity index (χ3v) is 4.46. The fraction of sp³-hybridized carbons (Fsp3) is 0.208. The van der Waals surface area contributed by atoms with Crippen LogP contribution in [0.1, 0.15) is 35.3 Å². The molecule has 0 bridgehead atoms. The second kappa shape index (κ2) is 15.1. The number of amides is 2. The van der Waals surface area contributed by atoms with E-state index in [4.69, 9.17) is 14.8 Å². The molecule has 34 heavy (non-hydrogen) atoms. The van der Waals surface area contributed by atoms with Gasteiger partial charge in [0.15, 0.2) is 0 Å². The molecule has 0 aliphatic rings. The molecule has 0 radical (unpaired) electrons. The third kappa shape index (κ3) is 10.2. The number of ether oxygens (including phenoxy) is 1. The summed E-state index contributed by atoms with van der Waals surface area (Å²) in [6.07, 6.45) is 5.24. The summed E-state index contributed by atoms with van der Waals surface area (Å²) < 4.78 is 17.4. The van der Waals surface area contributed by atoms with Crippen molar-refractivity contribution < 1.29 is 28.8 Å². The molecule has 10 heteroatoms. The Labute approximate surface area is 199 Å². The molecule has 0 spiro atoms. The van der Waals surface area contributed by atoms with Gasteiger partial charge in [-0.3, -0.25) is 14.6 Å². The molecule has 1 aromatic carbocycles. The van der Waals surface area contributed by atoms with E-state index >= 15 is 0 Å². The highest BCUT2D eigenvalue weighted by Gasteiger charge is 2.21. The molecule has 0 fully saturated rings. The maximum absolute atomic E-state index is 12.4. The molecule has 8 nitrogen and oxygen atoms in total. The summed E-state index contributed by atoms with van der Waals surface area (Å²) in [5, 5.41) is 22.9. The summed E-state index contributed by atoms with van der Waals surface area (Å²) in [6, 6.07) is 9.64. The minimum Gasteiger partial charge on any atom is -0.497 e. The van der Waals surface area contributed by atoms with Gasteiger partial charge in [0.1, 0.15) is 11.6 Å². The van der Waals surface area contributed by atoms with E-state index in [1.807, 2.05) is 0 Å². The average molecular weight is 469 g/mol. The number of nitrogens with one attached hydrogen (secondary N) is 2. The standard InChI is InChI=1S/C17H20BN3O5.C7H9F/c1-26-14-6-2-4-12(8-14)15(9-16(22)20-11-18(24)25)21-17(23)13-5-3-7-19-10-13;1-4-6(3)7(8)5-2/h2-8,10,15,24-25H,9,11H2,1H3,(H,20,22)(H,21,23);4-5H,1-2H2,3H3/b;7-6+. The largest absolute Gasteiger partial charge is 0.497 e. The Morgan fingerprint density at radius 2 is 1.97 bits per heavy atom. The first-order chi connectivity index (χ1) is 16.2. The van der Waals surface area contributed by atoms with Gasteiger partial charge in [-0.25, -0.2) is 4.39 Å². The molecule has 0 aliphatic heterocycles. The normalized spacial score (nSPS) is 11.6. The van der Waals surface area contributed by atoms with Crippen LogP contribution in [0.3, 0.4) is 0 Å². The lowest BCUT2D eigenvalue weighted by atomic mass is 9.92. The van der Waals surface area contributed by atoms with Crippen molar-refractivity contribution in [2.45, 2.75) is 19.4 Å². The maximum atomic E-state index is 12.4. The number of halogens is 1. The number of carbonyl (C=O) groups excluding carboxylic acids is 2. The number of aromatic nitrogens is 1. The van der Waals surface area contributed by atoms with Crippen LogP contribution in [-0.2, 0) is 4.79 Å². The van der Waals surface area contributed by atoms with Crippen molar-refractivity contribution in [3.63, 3.8) is 0 Å². The third-order valence-electron chi connectivity index (χ3n) is 4.46. The Bertz CT molecular complexity index is 983. The quantitative estimate of drug-likeness (QED) is 0.314. The second-order valence-corrected chi connectivity index (χ2v) is 6.97. The molecule has 2 aromatic rings. The van der Waals surface area contributed by atoms with E-state index in [2.05, 4.69) is 28.8 Å². The fourth-order valence-corrected chi connectivity index (χ4v) is 2.57. The molecule has 1 aromatic heterocycles. The zero-order valence-corrected chi connectivity index (χ0v) is 19.2. The molecule has 1 atom stereocenters. The molecule has 1 unspecified atom stereocenters. The van der Waals surface area contributed by atoms with Crippen molar-refractivity contribution in [2.75, 3.05) is 13.6 Å². The van der Waals surface area contributed by atoms with Crippen LogP contribution in [0.25, 0.3) is 0 Å². The number of hydrogen-bond acceptors (Lipinski definition) is 6. The number of rotatable bonds is 10. The number of hydrogen-bond donors (Lipinski definition) is 4. The van der Waals surface area contributed by atoms with Crippen LogP contribution in [0.5, 0.6) is 5.75 Å². The fourth-order valence-electron chi connectivity index (χ4n) is 2.57. The molecule has 2 amide bonds. The summed E-state index contributed by atoms with van der Waals surface area (Å²) >= 11 is 0. The molecule has 180 valence electrons. The Balaban J connectivity index is 0.000000620. The van der Waals surface area contributed by atoms with Gasteiger partial charge in [-0.05, 0) is 48.4 Å². The van der Waals surface area contributed by atoms with Crippen LogP contribution in [0.2, 0.25) is 0 Å². The minimum atomic E-state index is -1.64. The Hall–Kier alpha value is -3.76. The van der Waals surface area contributed by atoms with Crippen LogP contribution < -0.4 is 15.4 Å². The smallest absolute Gasteiger partial charge is 0.472 e. The van der Waals surface area contributed by atoms with E-state index < -0.39 is 19.1 Å². The van der Waals surface area contributed by atoms with E-state index in [9.17, 15) is 14.0 Å². The van der Waals surface area contributed by atoms with E-state index in [0.717, 1.165) is 6.08 Å². The average Bonchev–Trinajstić information content (AvgIpc) is 2.86. The zero-order chi connectivity index (χ0) is 25.5. The van der Waals surface area contributed by atoms with Gasteiger partial charge in [-0.1, -0.05) is 31.4 Å². The molecular weight excluding hydrogens is 440 g/mol. The summed E-state index contributed by atoms with van der Waals surface area (Å²) in [6.45, 7) is 8.28. The van der Waals surface area contributed by atoms with Gasteiger partial charge in [0, 0.05) is 12.4 Å². The highest BCUT2D eigenvalue weighted by Crippen LogP contribution is 2.22. The van der Waals surface area contributed by atoms with Crippen LogP contribution in [-0.4, -0.2) is 47.5 Å². The Morgan fingerprint density at radius 3 is 2.50 bits per heavy atom. The van der Waals surface area contributed by atoms with Gasteiger partial charge in [-0.2, -0.15) is 0 Å². The molecule has 0 aliphatic carbocycles. The van der Waals surface area contributed by atoms with Crippen molar-refractivity contribution in [3.8, 4) is 5.75 Å². The molecule has 0 saturated carbocycles. The van der Waals surface area contributed by atoms with E-state index in [-0.39, 0.29) is 24.6 Å². The van der Waals surface area contributed by atoms with Gasteiger partial charge >= 0.3 is 7.12 Å². The van der Waals surface area contributed by atoms with Gasteiger partial charge in [-0.15, -0.1) is 0 Å². The number of methoxy groups -OCH3 is 1. The molecule has 0 saturated heterocycles. The van der Waals surface area contributed by atoms with Crippen LogP contribution in [0, 0.1) is 0 Å². The first kappa shape index (κ1) is 28.3. The topological polar surface area (TPSA) is 121 Å². The monoisotopic (exact) mass is 469 g/mol. The number of carbonyl (C=O) groups is 2. The Morgan fingerprint density at radius 1 is 1.24 bits per heavy atom. The van der Waals surface area contributed by atoms with E-state index in [0.29, 0.717) is 22.4 Å². The lowest BCUT2D eigenvalue weighted by Crippen LogP contribution is -2.38. The van der Waals surface area contributed by atoms with E-state index in [1.54, 1.807) is 49.5 Å². The van der Waals surface area contributed by atoms with Crippen molar-refractivity contribution in [2.24, 2.45) is 0 Å². The lowest BCUT2D eigenvalue weighted by Gasteiger charge is -2.19. The Kier molecular flexibility index (Phi) is 12.6. The van der Waals surface area contributed by atoms with Gasteiger partial charge in [0.05, 0.1) is 31.6 Å². The van der Waals surface area contributed by atoms with Crippen molar-refractivity contribution in [3.05, 3.63) is 96.6 Å². The van der Waals surface area contributed by atoms with E-state index in [1.165, 1.54) is 19.4 Å². The van der Waals surface area contributed by atoms with Crippen LogP contribution >= 0.6 is 0 Å². The van der Waals surface area contributed by atoms with Crippen LogP contribution in [0.15, 0.2) is 85.5 Å².